The Bertz CT molecular complexity index is 784. The van der Waals surface area contributed by atoms with E-state index < -0.39 is 10.2 Å². The Kier molecular flexibility index (Phi) is 4.03. The highest BCUT2D eigenvalue weighted by Crippen LogP contribution is 2.33. The van der Waals surface area contributed by atoms with Crippen molar-refractivity contribution in [3.05, 3.63) is 35.5 Å². The van der Waals surface area contributed by atoms with Crippen LogP contribution in [0.4, 0.5) is 0 Å². The molecule has 0 saturated carbocycles. The fourth-order valence-corrected chi connectivity index (χ4v) is 5.40. The summed E-state index contributed by atoms with van der Waals surface area (Å²) in [5.41, 5.74) is 2.78. The van der Waals surface area contributed by atoms with Crippen molar-refractivity contribution >= 4 is 21.1 Å². The summed E-state index contributed by atoms with van der Waals surface area (Å²) in [7, 11) is -3.48. The average Bonchev–Trinajstić information content (AvgIpc) is 2.80. The monoisotopic (exact) mass is 320 g/mol. The summed E-state index contributed by atoms with van der Waals surface area (Å²) in [4.78, 5) is 0. The number of piperidine rings is 1. The maximum Gasteiger partial charge on any atom is 0.308 e. The van der Waals surface area contributed by atoms with Crippen molar-refractivity contribution in [2.24, 2.45) is 0 Å². The van der Waals surface area contributed by atoms with Gasteiger partial charge in [-0.1, -0.05) is 38.5 Å². The lowest BCUT2D eigenvalue weighted by molar-refractivity contribution is 0.343. The first-order valence-corrected chi connectivity index (χ1v) is 9.45. The summed E-state index contributed by atoms with van der Waals surface area (Å²) in [6, 6.07) is 7.83. The van der Waals surface area contributed by atoms with Crippen LogP contribution in [0.2, 0.25) is 0 Å². The van der Waals surface area contributed by atoms with Crippen molar-refractivity contribution in [1.82, 2.24) is 8.28 Å². The van der Waals surface area contributed by atoms with E-state index in [0.29, 0.717) is 19.0 Å². The number of hydrogen-bond acceptors (Lipinski definition) is 2. The van der Waals surface area contributed by atoms with Gasteiger partial charge in [0.2, 0.25) is 0 Å². The zero-order chi connectivity index (χ0) is 15.9. The van der Waals surface area contributed by atoms with Crippen molar-refractivity contribution in [1.29, 1.82) is 0 Å². The van der Waals surface area contributed by atoms with Gasteiger partial charge in [0, 0.05) is 24.2 Å². The topological polar surface area (TPSA) is 42.3 Å². The van der Waals surface area contributed by atoms with Crippen molar-refractivity contribution in [2.45, 2.75) is 46.0 Å². The van der Waals surface area contributed by atoms with Gasteiger partial charge in [0.05, 0.1) is 5.52 Å². The van der Waals surface area contributed by atoms with Gasteiger partial charge < -0.3 is 0 Å². The van der Waals surface area contributed by atoms with E-state index in [0.717, 1.165) is 41.4 Å². The SMILES string of the molecule is Cc1c(C(C)C)c2ccccc2n1S(=O)(=O)N1CCCCC1. The Hall–Kier alpha value is -1.33. The number of nitrogens with zero attached hydrogens (tertiary/aromatic N) is 2. The molecule has 0 atom stereocenters. The highest BCUT2D eigenvalue weighted by atomic mass is 32.2. The Labute approximate surface area is 132 Å². The molecule has 1 aliphatic rings. The first-order chi connectivity index (χ1) is 10.4. The molecule has 1 aromatic carbocycles. The average molecular weight is 320 g/mol. The van der Waals surface area contributed by atoms with Gasteiger partial charge in [0.1, 0.15) is 0 Å². The third-order valence-corrected chi connectivity index (χ3v) is 6.51. The van der Waals surface area contributed by atoms with E-state index in [4.69, 9.17) is 0 Å². The Morgan fingerprint density at radius 2 is 1.68 bits per heavy atom. The molecular weight excluding hydrogens is 296 g/mol. The molecule has 0 bridgehead atoms. The molecule has 1 aliphatic heterocycles. The van der Waals surface area contributed by atoms with Gasteiger partial charge in [-0.2, -0.15) is 12.7 Å². The fraction of sp³-hybridized carbons (Fsp3) is 0.529. The number of aromatic nitrogens is 1. The van der Waals surface area contributed by atoms with Crippen molar-refractivity contribution in [2.75, 3.05) is 13.1 Å². The molecule has 0 N–H and O–H groups in total. The summed E-state index contributed by atoms with van der Waals surface area (Å²) >= 11 is 0. The Balaban J connectivity index is 2.24. The van der Waals surface area contributed by atoms with Gasteiger partial charge in [-0.3, -0.25) is 0 Å². The molecular formula is C17H24N2O2S. The minimum Gasteiger partial charge on any atom is -0.229 e. The molecule has 22 heavy (non-hydrogen) atoms. The van der Waals surface area contributed by atoms with Crippen LogP contribution in [0.15, 0.2) is 24.3 Å². The maximum atomic E-state index is 13.1. The van der Waals surface area contributed by atoms with E-state index in [1.807, 2.05) is 31.2 Å². The van der Waals surface area contributed by atoms with Crippen LogP contribution in [0.1, 0.15) is 50.3 Å². The number of benzene rings is 1. The number of para-hydroxylation sites is 1. The molecule has 1 saturated heterocycles. The van der Waals surface area contributed by atoms with Crippen LogP contribution in [-0.2, 0) is 10.2 Å². The van der Waals surface area contributed by atoms with Gasteiger partial charge in [-0.15, -0.1) is 0 Å². The van der Waals surface area contributed by atoms with E-state index in [1.54, 1.807) is 8.28 Å². The second kappa shape index (κ2) is 5.70. The molecule has 4 nitrogen and oxygen atoms in total. The molecule has 3 rings (SSSR count). The van der Waals surface area contributed by atoms with Crippen LogP contribution >= 0.6 is 0 Å². The quantitative estimate of drug-likeness (QED) is 0.866. The molecule has 1 fully saturated rings. The number of rotatable bonds is 3. The lowest BCUT2D eigenvalue weighted by Crippen LogP contribution is -2.39. The minimum atomic E-state index is -3.48. The van der Waals surface area contributed by atoms with Gasteiger partial charge in [0.25, 0.3) is 0 Å². The van der Waals surface area contributed by atoms with Gasteiger partial charge in [0.15, 0.2) is 0 Å². The van der Waals surface area contributed by atoms with Gasteiger partial charge in [-0.25, -0.2) is 3.97 Å². The molecule has 0 spiro atoms. The van der Waals surface area contributed by atoms with E-state index in [9.17, 15) is 8.42 Å². The summed E-state index contributed by atoms with van der Waals surface area (Å²) in [5.74, 6) is 0.294. The molecule has 5 heteroatoms. The third-order valence-electron chi connectivity index (χ3n) is 4.56. The van der Waals surface area contributed by atoms with E-state index >= 15 is 0 Å². The van der Waals surface area contributed by atoms with Crippen LogP contribution < -0.4 is 0 Å². The zero-order valence-corrected chi connectivity index (χ0v) is 14.4. The fourth-order valence-electron chi connectivity index (χ4n) is 3.60. The summed E-state index contributed by atoms with van der Waals surface area (Å²) in [6.45, 7) is 7.42. The molecule has 2 aromatic rings. The van der Waals surface area contributed by atoms with Crippen LogP contribution in [0, 0.1) is 6.92 Å². The predicted octanol–water partition coefficient (Wildman–Crippen LogP) is 3.65. The van der Waals surface area contributed by atoms with Crippen molar-refractivity contribution < 1.29 is 8.42 Å². The molecule has 0 radical (unpaired) electrons. The summed E-state index contributed by atoms with van der Waals surface area (Å²) in [5, 5.41) is 1.05. The maximum absolute atomic E-state index is 13.1. The summed E-state index contributed by atoms with van der Waals surface area (Å²) < 4.78 is 29.5. The summed E-state index contributed by atoms with van der Waals surface area (Å²) in [6.07, 6.45) is 3.03. The first kappa shape index (κ1) is 15.6. The predicted molar refractivity (Wildman–Crippen MR) is 90.5 cm³/mol. The van der Waals surface area contributed by atoms with Crippen LogP contribution in [-0.4, -0.2) is 29.8 Å². The first-order valence-electron chi connectivity index (χ1n) is 8.05. The molecule has 120 valence electrons. The molecule has 0 amide bonds. The van der Waals surface area contributed by atoms with Gasteiger partial charge in [-0.05, 0) is 37.3 Å². The van der Waals surface area contributed by atoms with Gasteiger partial charge >= 0.3 is 10.2 Å². The third kappa shape index (κ3) is 2.36. The zero-order valence-electron chi connectivity index (χ0n) is 13.5. The lowest BCUT2D eigenvalue weighted by Gasteiger charge is -2.27. The molecule has 0 aliphatic carbocycles. The van der Waals surface area contributed by atoms with E-state index in [-0.39, 0.29) is 0 Å². The Morgan fingerprint density at radius 3 is 2.32 bits per heavy atom. The Morgan fingerprint density at radius 1 is 1.05 bits per heavy atom. The lowest BCUT2D eigenvalue weighted by atomic mass is 10.00. The van der Waals surface area contributed by atoms with Crippen LogP contribution in [0.25, 0.3) is 10.9 Å². The van der Waals surface area contributed by atoms with Crippen molar-refractivity contribution in [3.8, 4) is 0 Å². The van der Waals surface area contributed by atoms with Crippen LogP contribution in [0.5, 0.6) is 0 Å². The number of hydrogen-bond donors (Lipinski definition) is 0. The number of fused-ring (bicyclic) bond motifs is 1. The van der Waals surface area contributed by atoms with E-state index in [2.05, 4.69) is 13.8 Å². The standard InChI is InChI=1S/C17H24N2O2S/c1-13(2)17-14(3)19(16-10-6-5-9-15(16)17)22(20,21)18-11-7-4-8-12-18/h5-6,9-10,13H,4,7-8,11-12H2,1-3H3. The molecule has 1 aromatic heterocycles. The second-order valence-electron chi connectivity index (χ2n) is 6.40. The second-order valence-corrected chi connectivity index (χ2v) is 8.18. The van der Waals surface area contributed by atoms with Crippen molar-refractivity contribution in [3.63, 3.8) is 0 Å². The normalized spacial score (nSPS) is 17.5. The molecule has 2 heterocycles. The highest BCUT2D eigenvalue weighted by molar-refractivity contribution is 7.87. The van der Waals surface area contributed by atoms with Crippen LogP contribution in [0.3, 0.4) is 0 Å². The minimum absolute atomic E-state index is 0.294. The molecule has 0 unspecified atom stereocenters. The highest BCUT2D eigenvalue weighted by Gasteiger charge is 2.30. The largest absolute Gasteiger partial charge is 0.308 e. The smallest absolute Gasteiger partial charge is 0.229 e. The van der Waals surface area contributed by atoms with E-state index in [1.165, 1.54) is 0 Å².